The lowest BCUT2D eigenvalue weighted by Gasteiger charge is -2.37. The molecule has 0 atom stereocenters. The van der Waals surface area contributed by atoms with Crippen LogP contribution in [0.5, 0.6) is 5.75 Å². The van der Waals surface area contributed by atoms with E-state index < -0.39 is 5.41 Å². The van der Waals surface area contributed by atoms with Crippen LogP contribution in [0.4, 0.5) is 5.82 Å². The Morgan fingerprint density at radius 3 is 2.67 bits per heavy atom. The minimum Gasteiger partial charge on any atom is -0.490 e. The molecule has 8 nitrogen and oxygen atoms in total. The molecule has 4 N–H and O–H groups in total. The van der Waals surface area contributed by atoms with Gasteiger partial charge >= 0.3 is 0 Å². The van der Waals surface area contributed by atoms with Crippen molar-refractivity contribution in [3.05, 3.63) is 35.7 Å². The van der Waals surface area contributed by atoms with E-state index in [-0.39, 0.29) is 25.2 Å². The molecular weight excluding hydrogens is 416 g/mol. The number of hydrogen-bond donors (Lipinski definition) is 2. The van der Waals surface area contributed by atoms with E-state index in [2.05, 4.69) is 27.3 Å². The number of nitrogens with zero attached hydrogens (tertiary/aromatic N) is 4. The van der Waals surface area contributed by atoms with Crippen LogP contribution in [0.1, 0.15) is 68.9 Å². The highest BCUT2D eigenvalue weighted by Gasteiger charge is 2.49. The zero-order valence-electron chi connectivity index (χ0n) is 18.8. The first-order valence-corrected chi connectivity index (χ1v) is 11.9. The largest absolute Gasteiger partial charge is 0.490 e. The zero-order valence-corrected chi connectivity index (χ0v) is 18.8. The molecule has 0 aliphatic heterocycles. The Morgan fingerprint density at radius 1 is 1.12 bits per heavy atom. The maximum Gasteiger partial charge on any atom is 0.131 e. The molecule has 5 rings (SSSR count). The molecule has 2 saturated carbocycles. The van der Waals surface area contributed by atoms with Crippen LogP contribution in [-0.2, 0) is 10.3 Å². The molecule has 3 aliphatic carbocycles. The number of nitrogens with two attached hydrogens (primary N) is 2. The van der Waals surface area contributed by atoms with Gasteiger partial charge in [0, 0.05) is 28.1 Å². The maximum absolute atomic E-state index is 8.91. The van der Waals surface area contributed by atoms with E-state index in [4.69, 9.17) is 26.3 Å². The normalized spacial score (nSPS) is 24.2. The molecule has 0 amide bonds. The second kappa shape index (κ2) is 8.99. The molecule has 0 unspecified atom stereocenters. The molecule has 0 radical (unpaired) electrons. The molecule has 33 heavy (non-hydrogen) atoms. The van der Waals surface area contributed by atoms with Crippen molar-refractivity contribution >= 4 is 11.5 Å². The lowest BCUT2D eigenvalue weighted by atomic mass is 9.66. The molecule has 0 saturated heterocycles. The van der Waals surface area contributed by atoms with Gasteiger partial charge in [-0.05, 0) is 56.7 Å². The van der Waals surface area contributed by atoms with Gasteiger partial charge in [-0.1, -0.05) is 18.0 Å². The van der Waals surface area contributed by atoms with E-state index in [1.807, 2.05) is 12.1 Å². The smallest absolute Gasteiger partial charge is 0.131 e. The number of nitriles is 1. The van der Waals surface area contributed by atoms with Gasteiger partial charge in [-0.25, -0.2) is 9.97 Å². The van der Waals surface area contributed by atoms with Gasteiger partial charge < -0.3 is 21.0 Å². The SMILES string of the molecule is N#CCCO/N=C1\c2cc(O[C@H]3CC[C@@H](N)CC3)ccc2-c2ncnc(N)c2C12CCCC2. The Bertz CT molecular complexity index is 1090. The van der Waals surface area contributed by atoms with Crippen molar-refractivity contribution in [2.24, 2.45) is 10.9 Å². The predicted molar refractivity (Wildman–Crippen MR) is 126 cm³/mol. The summed E-state index contributed by atoms with van der Waals surface area (Å²) in [4.78, 5) is 14.6. The predicted octanol–water partition coefficient (Wildman–Crippen LogP) is 3.83. The van der Waals surface area contributed by atoms with E-state index in [0.29, 0.717) is 5.82 Å². The van der Waals surface area contributed by atoms with E-state index in [1.54, 1.807) is 0 Å². The van der Waals surface area contributed by atoms with Gasteiger partial charge in [-0.15, -0.1) is 0 Å². The summed E-state index contributed by atoms with van der Waals surface area (Å²) in [5, 5.41) is 13.5. The molecule has 2 aromatic rings. The molecule has 2 fully saturated rings. The van der Waals surface area contributed by atoms with Gasteiger partial charge in [0.1, 0.15) is 24.5 Å². The van der Waals surface area contributed by atoms with Crippen LogP contribution in [0.15, 0.2) is 29.7 Å². The van der Waals surface area contributed by atoms with E-state index in [9.17, 15) is 0 Å². The Labute approximate surface area is 194 Å². The van der Waals surface area contributed by atoms with Crippen LogP contribution in [0, 0.1) is 11.3 Å². The van der Waals surface area contributed by atoms with Crippen molar-refractivity contribution in [3.8, 4) is 23.1 Å². The van der Waals surface area contributed by atoms with Crippen molar-refractivity contribution in [2.75, 3.05) is 12.3 Å². The fourth-order valence-electron chi connectivity index (χ4n) is 5.65. The van der Waals surface area contributed by atoms with E-state index in [0.717, 1.165) is 85.2 Å². The summed E-state index contributed by atoms with van der Waals surface area (Å²) in [7, 11) is 0. The van der Waals surface area contributed by atoms with E-state index >= 15 is 0 Å². The molecule has 172 valence electrons. The summed E-state index contributed by atoms with van der Waals surface area (Å²) in [6, 6.07) is 8.49. The fourth-order valence-corrected chi connectivity index (χ4v) is 5.65. The zero-order chi connectivity index (χ0) is 22.8. The van der Waals surface area contributed by atoms with Crippen LogP contribution in [0.3, 0.4) is 0 Å². The van der Waals surface area contributed by atoms with Crippen molar-refractivity contribution in [1.82, 2.24) is 9.97 Å². The fraction of sp³-hybridized carbons (Fsp3) is 0.520. The third-order valence-corrected chi connectivity index (χ3v) is 7.25. The number of benzene rings is 1. The lowest BCUT2D eigenvalue weighted by molar-refractivity contribution is 0.146. The highest BCUT2D eigenvalue weighted by Crippen LogP contribution is 2.53. The highest BCUT2D eigenvalue weighted by atomic mass is 16.6. The quantitative estimate of drug-likeness (QED) is 0.527. The van der Waals surface area contributed by atoms with Gasteiger partial charge in [-0.2, -0.15) is 5.26 Å². The van der Waals surface area contributed by atoms with Crippen molar-refractivity contribution < 1.29 is 9.57 Å². The highest BCUT2D eigenvalue weighted by molar-refractivity contribution is 6.16. The minimum absolute atomic E-state index is 0.171. The summed E-state index contributed by atoms with van der Waals surface area (Å²) in [6.45, 7) is 0.248. The van der Waals surface area contributed by atoms with Crippen LogP contribution >= 0.6 is 0 Å². The maximum atomic E-state index is 8.91. The lowest BCUT2D eigenvalue weighted by Crippen LogP contribution is -2.39. The number of oxime groups is 1. The molecule has 0 bridgehead atoms. The second-order valence-electron chi connectivity index (χ2n) is 9.31. The van der Waals surface area contributed by atoms with Crippen molar-refractivity contribution in [2.45, 2.75) is 75.3 Å². The number of fused-ring (bicyclic) bond motifs is 4. The first kappa shape index (κ1) is 21.7. The van der Waals surface area contributed by atoms with Gasteiger partial charge in [-0.3, -0.25) is 0 Å². The Morgan fingerprint density at radius 2 is 1.91 bits per heavy atom. The van der Waals surface area contributed by atoms with Crippen LogP contribution in [0.2, 0.25) is 0 Å². The third kappa shape index (κ3) is 3.91. The topological polar surface area (TPSA) is 132 Å². The van der Waals surface area contributed by atoms with Crippen LogP contribution in [-0.4, -0.2) is 34.4 Å². The van der Waals surface area contributed by atoms with Gasteiger partial charge in [0.2, 0.25) is 0 Å². The molecule has 3 aliphatic rings. The average Bonchev–Trinajstić information content (AvgIpc) is 3.30. The van der Waals surface area contributed by atoms with Gasteiger partial charge in [0.25, 0.3) is 0 Å². The first-order chi connectivity index (χ1) is 16.1. The second-order valence-corrected chi connectivity index (χ2v) is 9.31. The van der Waals surface area contributed by atoms with Gasteiger partial charge in [0.15, 0.2) is 0 Å². The monoisotopic (exact) mass is 446 g/mol. The Kier molecular flexibility index (Phi) is 5.90. The number of aromatic nitrogens is 2. The number of hydrogen-bond acceptors (Lipinski definition) is 8. The number of nitrogen functional groups attached to an aromatic ring is 1. The van der Waals surface area contributed by atoms with Crippen molar-refractivity contribution in [1.29, 1.82) is 5.26 Å². The molecule has 1 heterocycles. The van der Waals surface area contributed by atoms with Crippen molar-refractivity contribution in [3.63, 3.8) is 0 Å². The molecule has 8 heteroatoms. The van der Waals surface area contributed by atoms with Crippen LogP contribution in [0.25, 0.3) is 11.3 Å². The van der Waals surface area contributed by atoms with E-state index in [1.165, 1.54) is 6.33 Å². The van der Waals surface area contributed by atoms with Gasteiger partial charge in [0.05, 0.1) is 30.0 Å². The molecule has 1 spiro atoms. The number of ether oxygens (including phenoxy) is 1. The minimum atomic E-state index is -0.392. The Balaban J connectivity index is 1.59. The summed E-state index contributed by atoms with van der Waals surface area (Å²) in [6.07, 6.45) is 9.84. The summed E-state index contributed by atoms with van der Waals surface area (Å²) in [5.41, 5.74) is 16.7. The average molecular weight is 447 g/mol. The summed E-state index contributed by atoms with van der Waals surface area (Å²) in [5.74, 6) is 1.31. The molecular formula is C25H30N6O2. The number of anilines is 1. The molecule has 1 aromatic carbocycles. The first-order valence-electron chi connectivity index (χ1n) is 11.9. The van der Waals surface area contributed by atoms with Crippen LogP contribution < -0.4 is 16.2 Å². The third-order valence-electron chi connectivity index (χ3n) is 7.25. The molecule has 1 aromatic heterocycles. The summed E-state index contributed by atoms with van der Waals surface area (Å²) >= 11 is 0. The Hall–Kier alpha value is -3.18. The standard InChI is InChI=1S/C25H30N6O2/c26-12-3-13-32-31-23-20-14-18(33-17-6-4-16(27)5-7-17)8-9-19(20)22-21(24(28)30-15-29-22)25(23)10-1-2-11-25/h8-9,14-17H,1-7,10-11,13,27H2,(H2,28,29,30)/b31-23+/t16-,17+. The summed E-state index contributed by atoms with van der Waals surface area (Å²) < 4.78 is 6.37. The number of rotatable bonds is 5.